The Labute approximate surface area is 208 Å². The summed E-state index contributed by atoms with van der Waals surface area (Å²) in [5.74, 6) is 1.09. The van der Waals surface area contributed by atoms with E-state index in [-0.39, 0.29) is 5.91 Å². The Morgan fingerprint density at radius 3 is 2.59 bits per heavy atom. The van der Waals surface area contributed by atoms with Crippen LogP contribution in [0.4, 0.5) is 5.69 Å². The predicted molar refractivity (Wildman–Crippen MR) is 140 cm³/mol. The number of benzene rings is 3. The number of aryl methyl sites for hydroxylation is 1. The molecule has 0 saturated carbocycles. The number of hydrogen-bond acceptors (Lipinski definition) is 5. The molecule has 1 aliphatic rings. The van der Waals surface area contributed by atoms with Gasteiger partial charge in [0, 0.05) is 5.02 Å². The molecule has 3 aromatic carbocycles. The number of aliphatic imine (C=N–C) groups is 1. The van der Waals surface area contributed by atoms with Gasteiger partial charge >= 0.3 is 0 Å². The number of amides is 1. The lowest BCUT2D eigenvalue weighted by atomic mass is 10.1. The molecule has 1 N–H and O–H groups in total. The van der Waals surface area contributed by atoms with Crippen molar-refractivity contribution in [3.8, 4) is 11.5 Å². The molecule has 0 spiro atoms. The molecule has 1 amide bonds. The van der Waals surface area contributed by atoms with Gasteiger partial charge in [-0.05, 0) is 91.2 Å². The molecule has 0 bridgehead atoms. The van der Waals surface area contributed by atoms with Crippen molar-refractivity contribution in [3.63, 3.8) is 0 Å². The summed E-state index contributed by atoms with van der Waals surface area (Å²) in [5, 5.41) is 4.11. The molecule has 174 valence electrons. The highest BCUT2D eigenvalue weighted by atomic mass is 35.5. The second-order valence-electron chi connectivity index (χ2n) is 7.76. The van der Waals surface area contributed by atoms with Crippen LogP contribution < -0.4 is 14.8 Å². The smallest absolute Gasteiger partial charge is 0.264 e. The van der Waals surface area contributed by atoms with Gasteiger partial charge in [-0.15, -0.1) is 0 Å². The third-order valence-electron chi connectivity index (χ3n) is 5.32. The molecule has 7 heteroatoms. The highest BCUT2D eigenvalue weighted by molar-refractivity contribution is 8.18. The highest BCUT2D eigenvalue weighted by Crippen LogP contribution is 2.33. The second kappa shape index (κ2) is 10.8. The first-order valence-corrected chi connectivity index (χ1v) is 12.1. The Kier molecular flexibility index (Phi) is 7.60. The van der Waals surface area contributed by atoms with Crippen molar-refractivity contribution in [2.75, 3.05) is 6.61 Å². The van der Waals surface area contributed by atoms with Crippen molar-refractivity contribution in [2.24, 2.45) is 4.99 Å². The predicted octanol–water partition coefficient (Wildman–Crippen LogP) is 6.83. The van der Waals surface area contributed by atoms with Crippen molar-refractivity contribution in [1.29, 1.82) is 0 Å². The zero-order valence-electron chi connectivity index (χ0n) is 19.2. The molecule has 0 atom stereocenters. The summed E-state index contributed by atoms with van der Waals surface area (Å²) in [7, 11) is 0. The molecule has 3 aromatic rings. The third-order valence-corrected chi connectivity index (χ3v) is 6.48. The van der Waals surface area contributed by atoms with Gasteiger partial charge < -0.3 is 14.8 Å². The summed E-state index contributed by atoms with van der Waals surface area (Å²) in [4.78, 5) is 17.8. The Bertz CT molecular complexity index is 1270. The standard InChI is InChI=1S/C27H25ClN2O3S/c1-4-32-24-14-20(10-13-23(24)33-16-19-8-11-21(28)12-9-19)15-25-26(31)30-27(34-25)29-22-7-5-6-17(2)18(22)3/h5-15H,4,16H2,1-3H3,(H,29,30,31)/b25-15-. The number of hydrogen-bond donors (Lipinski definition) is 1. The van der Waals surface area contributed by atoms with Crippen molar-refractivity contribution in [2.45, 2.75) is 27.4 Å². The Morgan fingerprint density at radius 2 is 1.82 bits per heavy atom. The van der Waals surface area contributed by atoms with Gasteiger partial charge in [0.15, 0.2) is 16.7 Å². The first-order chi connectivity index (χ1) is 16.4. The average molecular weight is 493 g/mol. The molecule has 0 radical (unpaired) electrons. The number of nitrogens with zero attached hydrogens (tertiary/aromatic N) is 1. The number of carbonyl (C=O) groups is 1. The maximum Gasteiger partial charge on any atom is 0.264 e. The molecule has 0 aliphatic carbocycles. The molecule has 4 rings (SSSR count). The topological polar surface area (TPSA) is 59.9 Å². The van der Waals surface area contributed by atoms with E-state index in [0.717, 1.165) is 27.9 Å². The third kappa shape index (κ3) is 5.82. The largest absolute Gasteiger partial charge is 0.490 e. The van der Waals surface area contributed by atoms with Crippen molar-refractivity contribution in [1.82, 2.24) is 5.32 Å². The Hall–Kier alpha value is -3.22. The van der Waals surface area contributed by atoms with E-state index >= 15 is 0 Å². The van der Waals surface area contributed by atoms with E-state index in [1.807, 2.05) is 87.5 Å². The van der Waals surface area contributed by atoms with Crippen molar-refractivity contribution < 1.29 is 14.3 Å². The van der Waals surface area contributed by atoms with Crippen LogP contribution in [0.2, 0.25) is 5.02 Å². The SMILES string of the molecule is CCOc1cc(/C=C2\SC(=Nc3cccc(C)c3C)NC2=O)ccc1OCc1ccc(Cl)cc1. The Morgan fingerprint density at radius 1 is 1.03 bits per heavy atom. The van der Waals surface area contributed by atoms with Gasteiger partial charge in [0.2, 0.25) is 0 Å². The maximum absolute atomic E-state index is 12.5. The number of carbonyl (C=O) groups excluding carboxylic acids is 1. The summed E-state index contributed by atoms with van der Waals surface area (Å²) in [6.07, 6.45) is 1.83. The molecule has 1 saturated heterocycles. The van der Waals surface area contributed by atoms with Gasteiger partial charge in [-0.1, -0.05) is 41.9 Å². The minimum absolute atomic E-state index is 0.171. The summed E-state index contributed by atoms with van der Waals surface area (Å²) in [6, 6.07) is 19.1. The molecule has 0 aromatic heterocycles. The van der Waals surface area contributed by atoms with Gasteiger partial charge in [-0.3, -0.25) is 4.79 Å². The Balaban J connectivity index is 1.52. The monoisotopic (exact) mass is 492 g/mol. The molecule has 34 heavy (non-hydrogen) atoms. The molecular weight excluding hydrogens is 468 g/mol. The molecule has 1 fully saturated rings. The summed E-state index contributed by atoms with van der Waals surface area (Å²) in [5.41, 5.74) is 4.96. The van der Waals surface area contributed by atoms with Crippen LogP contribution >= 0.6 is 23.4 Å². The van der Waals surface area contributed by atoms with Gasteiger partial charge in [0.05, 0.1) is 17.2 Å². The van der Waals surface area contributed by atoms with E-state index in [0.29, 0.717) is 39.8 Å². The van der Waals surface area contributed by atoms with Gasteiger partial charge in [0.25, 0.3) is 5.91 Å². The van der Waals surface area contributed by atoms with Crippen LogP contribution in [-0.4, -0.2) is 17.7 Å². The summed E-state index contributed by atoms with van der Waals surface area (Å²) < 4.78 is 11.8. The van der Waals surface area contributed by atoms with Gasteiger partial charge in [-0.25, -0.2) is 4.99 Å². The fourth-order valence-corrected chi connectivity index (χ4v) is 4.30. The fourth-order valence-electron chi connectivity index (χ4n) is 3.34. The minimum atomic E-state index is -0.171. The number of rotatable bonds is 7. The first-order valence-electron chi connectivity index (χ1n) is 10.9. The number of halogens is 1. The van der Waals surface area contributed by atoms with Crippen molar-refractivity contribution in [3.05, 3.63) is 92.8 Å². The van der Waals surface area contributed by atoms with Crippen LogP contribution in [0.15, 0.2) is 70.6 Å². The van der Waals surface area contributed by atoms with Crippen LogP contribution in [0, 0.1) is 13.8 Å². The van der Waals surface area contributed by atoms with Gasteiger partial charge in [-0.2, -0.15) is 0 Å². The number of thioether (sulfide) groups is 1. The molecule has 1 aliphatic heterocycles. The van der Waals surface area contributed by atoms with Gasteiger partial charge in [0.1, 0.15) is 6.61 Å². The lowest BCUT2D eigenvalue weighted by molar-refractivity contribution is -0.115. The van der Waals surface area contributed by atoms with Crippen LogP contribution in [0.25, 0.3) is 6.08 Å². The summed E-state index contributed by atoms with van der Waals surface area (Å²) >= 11 is 7.27. The molecule has 0 unspecified atom stereocenters. The lowest BCUT2D eigenvalue weighted by Gasteiger charge is -2.13. The van der Waals surface area contributed by atoms with Crippen LogP contribution in [-0.2, 0) is 11.4 Å². The second-order valence-corrected chi connectivity index (χ2v) is 9.22. The van der Waals surface area contributed by atoms with Crippen LogP contribution in [0.5, 0.6) is 11.5 Å². The highest BCUT2D eigenvalue weighted by Gasteiger charge is 2.24. The fraction of sp³-hybridized carbons (Fsp3) is 0.185. The first kappa shape index (κ1) is 23.9. The van der Waals surface area contributed by atoms with E-state index in [9.17, 15) is 4.79 Å². The van der Waals surface area contributed by atoms with Crippen LogP contribution in [0.3, 0.4) is 0 Å². The average Bonchev–Trinajstić information content (AvgIpc) is 3.16. The molecule has 5 nitrogen and oxygen atoms in total. The lowest BCUT2D eigenvalue weighted by Crippen LogP contribution is -2.19. The summed E-state index contributed by atoms with van der Waals surface area (Å²) in [6.45, 7) is 6.89. The van der Waals surface area contributed by atoms with E-state index in [1.165, 1.54) is 11.8 Å². The number of ether oxygens (including phenoxy) is 2. The normalized spacial score (nSPS) is 15.6. The van der Waals surface area contributed by atoms with Crippen LogP contribution in [0.1, 0.15) is 29.2 Å². The number of nitrogens with one attached hydrogen (secondary N) is 1. The van der Waals surface area contributed by atoms with Crippen molar-refractivity contribution >= 4 is 46.2 Å². The minimum Gasteiger partial charge on any atom is -0.490 e. The zero-order chi connectivity index (χ0) is 24.1. The van der Waals surface area contributed by atoms with E-state index in [4.69, 9.17) is 21.1 Å². The molecule has 1 heterocycles. The number of amidine groups is 1. The van der Waals surface area contributed by atoms with E-state index < -0.39 is 0 Å². The van der Waals surface area contributed by atoms with E-state index in [2.05, 4.69) is 10.3 Å². The zero-order valence-corrected chi connectivity index (χ0v) is 20.8. The quantitative estimate of drug-likeness (QED) is 0.367. The van der Waals surface area contributed by atoms with E-state index in [1.54, 1.807) is 0 Å². The maximum atomic E-state index is 12.5. The molecular formula is C27H25ClN2O3S.